The molecule has 0 aliphatic rings. The molecule has 0 bridgehead atoms. The van der Waals surface area contributed by atoms with Crippen LogP contribution in [0.3, 0.4) is 0 Å². The monoisotopic (exact) mass is 442 g/mol. The summed E-state index contributed by atoms with van der Waals surface area (Å²) in [6.45, 7) is 5.17. The van der Waals surface area contributed by atoms with E-state index >= 15 is 0 Å². The lowest BCUT2D eigenvalue weighted by molar-refractivity contribution is -0.149. The van der Waals surface area contributed by atoms with E-state index in [0.717, 1.165) is 19.3 Å². The van der Waals surface area contributed by atoms with Gasteiger partial charge in [-0.3, -0.25) is 4.79 Å². The van der Waals surface area contributed by atoms with E-state index in [2.05, 4.69) is 13.8 Å². The maximum absolute atomic E-state index is 11.7. The molecule has 0 heterocycles. The fourth-order valence-electron chi connectivity index (χ4n) is 3.83. The van der Waals surface area contributed by atoms with E-state index in [0.29, 0.717) is 13.0 Å². The number of carbonyl (C=O) groups excluding carboxylic acids is 1. The highest BCUT2D eigenvalue weighted by atomic mass is 16.6. The standard InChI is InChI=1S/C27H54O4/c1-3-5-7-9-10-11-12-13-14-15-16-17-19-21-23-30-26(24-28)25-31-27(29)22-20-18-8-6-4-2/h26,28H,3-25H2,1-2H3/t26-/m0/s1. The number of ether oxygens (including phenoxy) is 2. The maximum atomic E-state index is 11.7. The van der Waals surface area contributed by atoms with Crippen molar-refractivity contribution in [2.75, 3.05) is 19.8 Å². The van der Waals surface area contributed by atoms with Crippen LogP contribution < -0.4 is 0 Å². The van der Waals surface area contributed by atoms with Gasteiger partial charge in [0.2, 0.25) is 0 Å². The first-order valence-electron chi connectivity index (χ1n) is 13.6. The number of aliphatic hydroxyl groups is 1. The lowest BCUT2D eigenvalue weighted by Gasteiger charge is -2.15. The SMILES string of the molecule is CCCCCCCCCCCCCCCCO[C@@H](CO)COC(=O)CCCCCCC. The fraction of sp³-hybridized carbons (Fsp3) is 0.963. The molecule has 0 radical (unpaired) electrons. The molecule has 0 amide bonds. The highest BCUT2D eigenvalue weighted by molar-refractivity contribution is 5.69. The zero-order chi connectivity index (χ0) is 22.8. The van der Waals surface area contributed by atoms with Gasteiger partial charge in [-0.05, 0) is 12.8 Å². The molecule has 0 saturated carbocycles. The van der Waals surface area contributed by atoms with Gasteiger partial charge in [0.25, 0.3) is 0 Å². The van der Waals surface area contributed by atoms with Crippen LogP contribution in [-0.2, 0) is 14.3 Å². The Hall–Kier alpha value is -0.610. The van der Waals surface area contributed by atoms with Crippen molar-refractivity contribution in [1.82, 2.24) is 0 Å². The molecular weight excluding hydrogens is 388 g/mol. The number of esters is 1. The minimum Gasteiger partial charge on any atom is -0.463 e. The second-order valence-corrected chi connectivity index (χ2v) is 9.12. The van der Waals surface area contributed by atoms with Crippen LogP contribution in [0.5, 0.6) is 0 Å². The summed E-state index contributed by atoms with van der Waals surface area (Å²) >= 11 is 0. The Labute approximate surface area is 193 Å². The number of carbonyl (C=O) groups is 1. The topological polar surface area (TPSA) is 55.8 Å². The Bertz CT molecular complexity index is 359. The Morgan fingerprint density at radius 2 is 1.06 bits per heavy atom. The van der Waals surface area contributed by atoms with Crippen LogP contribution in [0.2, 0.25) is 0 Å². The lowest BCUT2D eigenvalue weighted by Crippen LogP contribution is -2.26. The first kappa shape index (κ1) is 30.4. The Morgan fingerprint density at radius 3 is 1.52 bits per heavy atom. The van der Waals surface area contributed by atoms with Gasteiger partial charge in [0.15, 0.2) is 0 Å². The van der Waals surface area contributed by atoms with Crippen molar-refractivity contribution in [3.63, 3.8) is 0 Å². The van der Waals surface area contributed by atoms with Gasteiger partial charge in [0.1, 0.15) is 12.7 Å². The van der Waals surface area contributed by atoms with E-state index in [1.807, 2.05) is 0 Å². The van der Waals surface area contributed by atoms with Crippen molar-refractivity contribution in [3.05, 3.63) is 0 Å². The number of hydrogen-bond donors (Lipinski definition) is 1. The van der Waals surface area contributed by atoms with Crippen LogP contribution in [0.4, 0.5) is 0 Å². The van der Waals surface area contributed by atoms with E-state index in [1.54, 1.807) is 0 Å². The maximum Gasteiger partial charge on any atom is 0.305 e. The van der Waals surface area contributed by atoms with Crippen LogP contribution >= 0.6 is 0 Å². The average molecular weight is 443 g/mol. The molecule has 186 valence electrons. The Balaban J connectivity index is 3.37. The second kappa shape index (κ2) is 25.6. The van der Waals surface area contributed by atoms with Gasteiger partial charge in [-0.25, -0.2) is 0 Å². The fourth-order valence-corrected chi connectivity index (χ4v) is 3.83. The summed E-state index contributed by atoms with van der Waals surface area (Å²) in [5.41, 5.74) is 0. The predicted molar refractivity (Wildman–Crippen MR) is 131 cm³/mol. The summed E-state index contributed by atoms with van der Waals surface area (Å²) in [5, 5.41) is 9.41. The summed E-state index contributed by atoms with van der Waals surface area (Å²) in [5.74, 6) is -0.171. The van der Waals surface area contributed by atoms with Crippen molar-refractivity contribution in [3.8, 4) is 0 Å². The van der Waals surface area contributed by atoms with Gasteiger partial charge < -0.3 is 14.6 Å². The van der Waals surface area contributed by atoms with Crippen molar-refractivity contribution in [2.45, 2.75) is 148 Å². The van der Waals surface area contributed by atoms with Crippen molar-refractivity contribution < 1.29 is 19.4 Å². The van der Waals surface area contributed by atoms with E-state index in [1.165, 1.54) is 103 Å². The van der Waals surface area contributed by atoms with Crippen LogP contribution in [0.15, 0.2) is 0 Å². The lowest BCUT2D eigenvalue weighted by atomic mass is 10.0. The summed E-state index contributed by atoms with van der Waals surface area (Å²) in [6, 6.07) is 0. The Morgan fingerprint density at radius 1 is 0.645 bits per heavy atom. The number of unbranched alkanes of at least 4 members (excludes halogenated alkanes) is 17. The van der Waals surface area contributed by atoms with E-state index in [-0.39, 0.29) is 25.3 Å². The number of rotatable bonds is 25. The number of hydrogen-bond acceptors (Lipinski definition) is 4. The van der Waals surface area contributed by atoms with Crippen LogP contribution in [-0.4, -0.2) is 37.0 Å². The first-order valence-corrected chi connectivity index (χ1v) is 13.6. The Kier molecular flexibility index (Phi) is 25.1. The van der Waals surface area contributed by atoms with Gasteiger partial charge in [-0.1, -0.05) is 123 Å². The minimum absolute atomic E-state index is 0.0949. The summed E-state index contributed by atoms with van der Waals surface area (Å²) in [7, 11) is 0. The van der Waals surface area contributed by atoms with E-state index in [9.17, 15) is 9.90 Å². The summed E-state index contributed by atoms with van der Waals surface area (Å²) in [4.78, 5) is 11.7. The molecule has 0 aromatic heterocycles. The third kappa shape index (κ3) is 23.9. The van der Waals surface area contributed by atoms with Crippen LogP contribution in [0.1, 0.15) is 142 Å². The van der Waals surface area contributed by atoms with Crippen molar-refractivity contribution in [2.24, 2.45) is 0 Å². The predicted octanol–water partition coefficient (Wildman–Crippen LogP) is 7.75. The molecule has 0 aliphatic heterocycles. The van der Waals surface area contributed by atoms with Gasteiger partial charge >= 0.3 is 5.97 Å². The molecule has 0 unspecified atom stereocenters. The highest BCUT2D eigenvalue weighted by Crippen LogP contribution is 2.13. The molecule has 4 nitrogen and oxygen atoms in total. The smallest absolute Gasteiger partial charge is 0.305 e. The molecule has 1 N–H and O–H groups in total. The normalized spacial score (nSPS) is 12.2. The molecule has 0 aromatic carbocycles. The summed E-state index contributed by atoms with van der Waals surface area (Å²) in [6.07, 6.45) is 24.4. The zero-order valence-corrected chi connectivity index (χ0v) is 21.0. The molecule has 0 saturated heterocycles. The summed E-state index contributed by atoms with van der Waals surface area (Å²) < 4.78 is 10.9. The third-order valence-electron chi connectivity index (χ3n) is 5.97. The van der Waals surface area contributed by atoms with Crippen molar-refractivity contribution in [1.29, 1.82) is 0 Å². The molecule has 0 spiro atoms. The molecular formula is C27H54O4. The molecule has 0 aromatic rings. The zero-order valence-electron chi connectivity index (χ0n) is 21.0. The van der Waals surface area contributed by atoms with Gasteiger partial charge in [0, 0.05) is 13.0 Å². The van der Waals surface area contributed by atoms with E-state index < -0.39 is 0 Å². The van der Waals surface area contributed by atoms with Gasteiger partial charge in [-0.2, -0.15) is 0 Å². The number of aliphatic hydroxyl groups excluding tert-OH is 1. The molecule has 0 rings (SSSR count). The second-order valence-electron chi connectivity index (χ2n) is 9.12. The van der Waals surface area contributed by atoms with Crippen molar-refractivity contribution >= 4 is 5.97 Å². The van der Waals surface area contributed by atoms with E-state index in [4.69, 9.17) is 9.47 Å². The molecule has 4 heteroatoms. The highest BCUT2D eigenvalue weighted by Gasteiger charge is 2.11. The first-order chi connectivity index (χ1) is 15.2. The molecule has 0 fully saturated rings. The molecule has 0 aliphatic carbocycles. The largest absolute Gasteiger partial charge is 0.463 e. The average Bonchev–Trinajstić information content (AvgIpc) is 2.78. The minimum atomic E-state index is -0.383. The van der Waals surface area contributed by atoms with Crippen LogP contribution in [0, 0.1) is 0 Å². The molecule has 1 atom stereocenters. The van der Waals surface area contributed by atoms with Gasteiger partial charge in [0.05, 0.1) is 6.61 Å². The molecule has 31 heavy (non-hydrogen) atoms. The third-order valence-corrected chi connectivity index (χ3v) is 5.97. The van der Waals surface area contributed by atoms with Gasteiger partial charge in [-0.15, -0.1) is 0 Å². The van der Waals surface area contributed by atoms with Crippen LogP contribution in [0.25, 0.3) is 0 Å². The quantitative estimate of drug-likeness (QED) is 0.116.